The molecule has 0 heteroatoms. The molecule has 0 fully saturated rings. The van der Waals surface area contributed by atoms with Gasteiger partial charge in [-0.2, -0.15) is 0 Å². The molecular weight excluding hydrogens is 216 g/mol. The average molecular weight is 249 g/mol. The Hall–Kier alpha value is -0.520. The van der Waals surface area contributed by atoms with Crippen LogP contribution in [0.5, 0.6) is 0 Å². The Labute approximate surface area is 116 Å². The van der Waals surface area contributed by atoms with E-state index in [0.29, 0.717) is 0 Å². The minimum atomic E-state index is 0.936. The molecule has 0 aromatic carbocycles. The lowest BCUT2D eigenvalue weighted by Crippen LogP contribution is -1.79. The molecule has 0 aromatic heterocycles. The molecule has 0 heterocycles. The fraction of sp³-hybridized carbons (Fsp3) is 0.722. The van der Waals surface area contributed by atoms with Crippen LogP contribution in [0.1, 0.15) is 84.0 Å². The molecule has 18 heavy (non-hydrogen) atoms. The van der Waals surface area contributed by atoms with Gasteiger partial charge in [-0.1, -0.05) is 69.8 Å². The van der Waals surface area contributed by atoms with Gasteiger partial charge in [-0.15, -0.1) is 0 Å². The van der Waals surface area contributed by atoms with Crippen molar-refractivity contribution in [3.8, 4) is 0 Å². The first-order chi connectivity index (χ1) is 8.91. The van der Waals surface area contributed by atoms with Crippen LogP contribution in [0, 0.1) is 6.92 Å². The maximum atomic E-state index is 3.79. The first-order valence-electron chi connectivity index (χ1n) is 8.01. The Morgan fingerprint density at radius 2 is 1.06 bits per heavy atom. The first kappa shape index (κ1) is 17.5. The van der Waals surface area contributed by atoms with Crippen LogP contribution in [-0.4, -0.2) is 0 Å². The summed E-state index contributed by atoms with van der Waals surface area (Å²) in [5.41, 5.74) is 0. The second-order valence-electron chi connectivity index (χ2n) is 5.07. The largest absolute Gasteiger partial charge is 0.0885 e. The second kappa shape index (κ2) is 16.5. The van der Waals surface area contributed by atoms with E-state index in [4.69, 9.17) is 0 Å². The lowest BCUT2D eigenvalue weighted by molar-refractivity contribution is 0.599. The van der Waals surface area contributed by atoms with Crippen LogP contribution in [0.15, 0.2) is 24.3 Å². The van der Waals surface area contributed by atoms with Gasteiger partial charge in [0, 0.05) is 0 Å². The van der Waals surface area contributed by atoms with Crippen molar-refractivity contribution < 1.29 is 0 Å². The topological polar surface area (TPSA) is 0 Å². The summed E-state index contributed by atoms with van der Waals surface area (Å²) in [6, 6.07) is 0. The van der Waals surface area contributed by atoms with Gasteiger partial charge in [0.05, 0.1) is 0 Å². The summed E-state index contributed by atoms with van der Waals surface area (Å²) in [6.07, 6.45) is 25.0. The summed E-state index contributed by atoms with van der Waals surface area (Å²) >= 11 is 0. The molecule has 0 N–H and O–H groups in total. The maximum Gasteiger partial charge on any atom is -0.0351 e. The Morgan fingerprint density at radius 1 is 0.611 bits per heavy atom. The molecule has 0 saturated heterocycles. The molecule has 105 valence electrons. The number of allylic oxidation sites excluding steroid dienone is 4. The highest BCUT2D eigenvalue weighted by Crippen LogP contribution is 2.09. The minimum absolute atomic E-state index is 0.936. The summed E-state index contributed by atoms with van der Waals surface area (Å²) in [7, 11) is 0. The maximum absolute atomic E-state index is 3.79. The molecule has 0 aliphatic carbocycles. The van der Waals surface area contributed by atoms with Crippen LogP contribution in [0.25, 0.3) is 0 Å². The average Bonchev–Trinajstić information content (AvgIpc) is 2.39. The van der Waals surface area contributed by atoms with Crippen molar-refractivity contribution in [1.82, 2.24) is 0 Å². The van der Waals surface area contributed by atoms with Gasteiger partial charge in [-0.25, -0.2) is 0 Å². The summed E-state index contributed by atoms with van der Waals surface area (Å²) in [5, 5.41) is 0. The summed E-state index contributed by atoms with van der Waals surface area (Å²) < 4.78 is 0. The van der Waals surface area contributed by atoms with Gasteiger partial charge in [-0.3, -0.25) is 0 Å². The molecule has 0 amide bonds. The van der Waals surface area contributed by atoms with Gasteiger partial charge in [0.1, 0.15) is 0 Å². The molecular formula is C18H33. The Balaban J connectivity index is 3.03. The van der Waals surface area contributed by atoms with Crippen LogP contribution < -0.4 is 0 Å². The summed E-state index contributed by atoms with van der Waals surface area (Å²) in [4.78, 5) is 0. The molecule has 0 nitrogen and oxygen atoms in total. The molecule has 0 saturated carbocycles. The normalized spacial score (nSPS) is 11.9. The smallest absolute Gasteiger partial charge is 0.0351 e. The van der Waals surface area contributed by atoms with Gasteiger partial charge in [0.15, 0.2) is 0 Å². The highest BCUT2D eigenvalue weighted by atomic mass is 14.0. The molecule has 0 aliphatic rings. The standard InChI is InChI=1S/C18H33/c1-3-5-7-9-11-13-15-17-18-16-14-12-10-8-6-4-2/h5,7,10,12H,1,3-4,6,8-9,11,13-18H2,2H3/b7-5-,12-10-. The van der Waals surface area contributed by atoms with Crippen molar-refractivity contribution in [2.75, 3.05) is 0 Å². The predicted molar refractivity (Wildman–Crippen MR) is 84.7 cm³/mol. The highest BCUT2D eigenvalue weighted by molar-refractivity contribution is 4.82. The zero-order valence-electron chi connectivity index (χ0n) is 12.5. The van der Waals surface area contributed by atoms with E-state index < -0.39 is 0 Å². The zero-order chi connectivity index (χ0) is 13.3. The second-order valence-corrected chi connectivity index (χ2v) is 5.07. The number of rotatable bonds is 13. The molecule has 0 spiro atoms. The van der Waals surface area contributed by atoms with E-state index in [1.165, 1.54) is 70.6 Å². The molecule has 0 bridgehead atoms. The fourth-order valence-corrected chi connectivity index (χ4v) is 2.02. The third-order valence-electron chi connectivity index (χ3n) is 3.22. The van der Waals surface area contributed by atoms with E-state index in [-0.39, 0.29) is 0 Å². The third kappa shape index (κ3) is 15.5. The van der Waals surface area contributed by atoms with Crippen molar-refractivity contribution in [1.29, 1.82) is 0 Å². The number of hydrogen-bond donors (Lipinski definition) is 0. The van der Waals surface area contributed by atoms with Crippen LogP contribution in [0.2, 0.25) is 0 Å². The van der Waals surface area contributed by atoms with Crippen molar-refractivity contribution in [2.45, 2.75) is 84.0 Å². The fourth-order valence-electron chi connectivity index (χ4n) is 2.02. The molecule has 0 aromatic rings. The van der Waals surface area contributed by atoms with Gasteiger partial charge in [0.2, 0.25) is 0 Å². The zero-order valence-corrected chi connectivity index (χ0v) is 12.5. The molecule has 0 unspecified atom stereocenters. The van der Waals surface area contributed by atoms with E-state index in [2.05, 4.69) is 38.2 Å². The highest BCUT2D eigenvalue weighted by Gasteiger charge is 1.89. The molecule has 0 rings (SSSR count). The van der Waals surface area contributed by atoms with Crippen LogP contribution in [-0.2, 0) is 0 Å². The summed E-state index contributed by atoms with van der Waals surface area (Å²) in [5.74, 6) is 0. The predicted octanol–water partition coefficient (Wildman–Crippen LogP) is 6.63. The lowest BCUT2D eigenvalue weighted by atomic mass is 10.1. The van der Waals surface area contributed by atoms with Gasteiger partial charge >= 0.3 is 0 Å². The molecule has 0 aliphatic heterocycles. The van der Waals surface area contributed by atoms with Crippen LogP contribution in [0.4, 0.5) is 0 Å². The Morgan fingerprint density at radius 3 is 1.56 bits per heavy atom. The van der Waals surface area contributed by atoms with Gasteiger partial charge in [0.25, 0.3) is 0 Å². The molecule has 0 atom stereocenters. The van der Waals surface area contributed by atoms with Crippen molar-refractivity contribution >= 4 is 0 Å². The quantitative estimate of drug-likeness (QED) is 0.254. The van der Waals surface area contributed by atoms with Gasteiger partial charge in [-0.05, 0) is 45.4 Å². The Kier molecular flexibility index (Phi) is 16.0. The minimum Gasteiger partial charge on any atom is -0.0885 e. The van der Waals surface area contributed by atoms with E-state index in [1.807, 2.05) is 0 Å². The van der Waals surface area contributed by atoms with E-state index in [0.717, 1.165) is 6.42 Å². The number of unbranched alkanes of at least 4 members (excludes halogenated alkanes) is 9. The van der Waals surface area contributed by atoms with E-state index in [9.17, 15) is 0 Å². The lowest BCUT2D eigenvalue weighted by Gasteiger charge is -1.99. The first-order valence-corrected chi connectivity index (χ1v) is 8.01. The third-order valence-corrected chi connectivity index (χ3v) is 3.22. The van der Waals surface area contributed by atoms with Gasteiger partial charge < -0.3 is 0 Å². The monoisotopic (exact) mass is 249 g/mol. The SMILES string of the molecule is [CH2]C/C=C\CCCCCCCC/C=C\CCCC. The van der Waals surface area contributed by atoms with Crippen molar-refractivity contribution in [3.05, 3.63) is 31.2 Å². The van der Waals surface area contributed by atoms with Crippen molar-refractivity contribution in [2.24, 2.45) is 0 Å². The van der Waals surface area contributed by atoms with Crippen molar-refractivity contribution in [3.63, 3.8) is 0 Å². The summed E-state index contributed by atoms with van der Waals surface area (Å²) in [6.45, 7) is 6.05. The van der Waals surface area contributed by atoms with E-state index in [1.54, 1.807) is 0 Å². The Bertz CT molecular complexity index is 188. The van der Waals surface area contributed by atoms with Crippen LogP contribution >= 0.6 is 0 Å². The number of hydrogen-bond acceptors (Lipinski definition) is 0. The van der Waals surface area contributed by atoms with E-state index >= 15 is 0 Å². The molecule has 1 radical (unpaired) electrons. The van der Waals surface area contributed by atoms with Crippen LogP contribution in [0.3, 0.4) is 0 Å².